The van der Waals surface area contributed by atoms with Gasteiger partial charge in [-0.25, -0.2) is 4.79 Å². The molecule has 7 amide bonds. The maximum absolute atomic E-state index is 14.9. The van der Waals surface area contributed by atoms with E-state index in [9.17, 15) is 33.6 Å². The summed E-state index contributed by atoms with van der Waals surface area (Å²) in [5.74, 6) is -0.480. The van der Waals surface area contributed by atoms with Crippen LogP contribution in [0.1, 0.15) is 71.9 Å². The SMILES string of the molecule is COC(=O)N[C@H](C(=O)N[C@@H](C)C(=O)Nc1ccc(C2=CN3C(=O)c4cc(OC)c(OCCCOc5cc6c(cc5OC)C(=O)N5C=C(c7ccc8c(c7)OCO8)C[C@H]5C(=O)N6COCC[Si](C)(C)C)cc4N(COCC[Si](C)(C)C)C(=O)[C@@H]3C2)cc1)C(C)C. The lowest BCUT2D eigenvalue weighted by Crippen LogP contribution is -2.53. The molecule has 0 aromatic heterocycles. The van der Waals surface area contributed by atoms with E-state index in [0.717, 1.165) is 23.2 Å². The van der Waals surface area contributed by atoms with Crippen LogP contribution in [-0.2, 0) is 33.4 Å². The lowest BCUT2D eigenvalue weighted by Gasteiger charge is -2.27. The molecule has 9 rings (SSSR count). The normalized spacial score (nSPS) is 17.6. The molecule has 3 N–H and O–H groups in total. The number of hydrogen-bond acceptors (Lipinski definition) is 16. The number of rotatable bonds is 26. The summed E-state index contributed by atoms with van der Waals surface area (Å²) in [5, 5.41) is 7.95. The fourth-order valence-electron chi connectivity index (χ4n) is 10.7. The highest BCUT2D eigenvalue weighted by atomic mass is 28.3. The van der Waals surface area contributed by atoms with Gasteiger partial charge < -0.3 is 68.4 Å². The predicted molar refractivity (Wildman–Crippen MR) is 339 cm³/mol. The summed E-state index contributed by atoms with van der Waals surface area (Å²) >= 11 is 0. The standard InChI is InChI=1S/C64H81N7O16Si2/c1-38(2)57(67-64(78)81-6)59(73)65-39(3)58(72)66-44-17-14-40(15-18-44)42-26-49-62(76)70(35-82-22-24-88(7,8)9)47-31-55(52(79-4)29-45(47)60(74)68(49)33-42)84-20-13-21-85-56-32-48-46(30-53(56)80-5)61(75)69-34-43(41-16-19-51-54(28-41)87-37-86-51)27-50(69)63(77)71(48)36-83-23-25-89(10,11)12/h14-19,28-34,38-39,49-50,57H,13,20-27,35-37H2,1-12H3,(H,65,73)(H,66,72)(H,67,78)/t39-,49-,50-,57-/m0/s1. The highest BCUT2D eigenvalue weighted by Gasteiger charge is 2.46. The lowest BCUT2D eigenvalue weighted by molar-refractivity contribution is -0.128. The van der Waals surface area contributed by atoms with Gasteiger partial charge in [-0.1, -0.05) is 71.3 Å². The van der Waals surface area contributed by atoms with Gasteiger partial charge in [0.05, 0.1) is 57.0 Å². The zero-order valence-electron chi connectivity index (χ0n) is 52.7. The van der Waals surface area contributed by atoms with E-state index in [1.165, 1.54) is 47.9 Å². The van der Waals surface area contributed by atoms with Gasteiger partial charge in [0.2, 0.25) is 18.6 Å². The molecule has 0 bridgehead atoms. The molecule has 5 heterocycles. The molecule has 0 radical (unpaired) electrons. The Balaban J connectivity index is 0.900. The van der Waals surface area contributed by atoms with Gasteiger partial charge in [-0.2, -0.15) is 0 Å². The van der Waals surface area contributed by atoms with E-state index in [-0.39, 0.29) is 98.3 Å². The van der Waals surface area contributed by atoms with E-state index >= 15 is 0 Å². The first-order valence-electron chi connectivity index (χ1n) is 29.9. The van der Waals surface area contributed by atoms with Crippen LogP contribution in [0.15, 0.2) is 79.1 Å². The second-order valence-corrected chi connectivity index (χ2v) is 36.5. The highest BCUT2D eigenvalue weighted by Crippen LogP contribution is 2.45. The summed E-state index contributed by atoms with van der Waals surface area (Å²) in [4.78, 5) is 103. The van der Waals surface area contributed by atoms with Crippen molar-refractivity contribution < 1.29 is 76.2 Å². The first kappa shape index (κ1) is 65.1. The molecule has 0 aliphatic carbocycles. The van der Waals surface area contributed by atoms with Crippen LogP contribution in [0, 0.1) is 5.92 Å². The van der Waals surface area contributed by atoms with Crippen LogP contribution < -0.4 is 54.2 Å². The van der Waals surface area contributed by atoms with E-state index in [1.54, 1.807) is 74.8 Å². The van der Waals surface area contributed by atoms with Gasteiger partial charge in [0, 0.05) is 78.8 Å². The van der Waals surface area contributed by atoms with Crippen molar-refractivity contribution >= 4 is 85.9 Å². The quantitative estimate of drug-likeness (QED) is 0.0392. The van der Waals surface area contributed by atoms with Crippen molar-refractivity contribution in [1.82, 2.24) is 20.4 Å². The minimum absolute atomic E-state index is 0.0866. The molecular weight excluding hydrogens is 1180 g/mol. The maximum atomic E-state index is 14.9. The second-order valence-electron chi connectivity index (χ2n) is 25.2. The number of methoxy groups -OCH3 is 3. The Morgan fingerprint density at radius 3 is 1.57 bits per heavy atom. The summed E-state index contributed by atoms with van der Waals surface area (Å²) in [6.07, 6.45) is 3.42. The molecule has 4 atom stereocenters. The van der Waals surface area contributed by atoms with Crippen molar-refractivity contribution in [2.45, 2.75) is 116 Å². The summed E-state index contributed by atoms with van der Waals surface area (Å²) in [6, 6.07) is 17.0. The zero-order chi connectivity index (χ0) is 64.1. The van der Waals surface area contributed by atoms with E-state index < -0.39 is 64.1 Å². The van der Waals surface area contributed by atoms with E-state index in [4.69, 9.17) is 37.9 Å². The smallest absolute Gasteiger partial charge is 0.407 e. The van der Waals surface area contributed by atoms with Gasteiger partial charge in [0.1, 0.15) is 37.6 Å². The van der Waals surface area contributed by atoms with Gasteiger partial charge in [0.25, 0.3) is 23.6 Å². The van der Waals surface area contributed by atoms with Crippen LogP contribution in [-0.4, -0.2) is 160 Å². The Bertz CT molecular complexity index is 3430. The number of alkyl carbamates (subject to hydrolysis) is 1. The summed E-state index contributed by atoms with van der Waals surface area (Å²) in [6.45, 7) is 19.5. The van der Waals surface area contributed by atoms with Crippen molar-refractivity contribution in [2.75, 3.05) is 83.1 Å². The molecule has 25 heteroatoms. The average molecular weight is 1260 g/mol. The average Bonchev–Trinajstić information content (AvgIpc) is 1.71. The molecule has 5 aliphatic heterocycles. The number of anilines is 3. The Labute approximate surface area is 520 Å². The van der Waals surface area contributed by atoms with Gasteiger partial charge in [-0.3, -0.25) is 38.6 Å². The minimum atomic E-state index is -1.53. The largest absolute Gasteiger partial charge is 0.493 e. The first-order valence-corrected chi connectivity index (χ1v) is 37.3. The number of amides is 7. The number of hydrogen-bond donors (Lipinski definition) is 3. The fraction of sp³-hybridized carbons (Fsp3) is 0.453. The van der Waals surface area contributed by atoms with Crippen molar-refractivity contribution in [3.63, 3.8) is 0 Å². The van der Waals surface area contributed by atoms with Crippen LogP contribution in [0.4, 0.5) is 21.9 Å². The Kier molecular flexibility index (Phi) is 20.1. The minimum Gasteiger partial charge on any atom is -0.493 e. The third-order valence-electron chi connectivity index (χ3n) is 15.9. The van der Waals surface area contributed by atoms with E-state index in [0.29, 0.717) is 65.1 Å². The second kappa shape index (κ2) is 27.6. The van der Waals surface area contributed by atoms with Crippen LogP contribution in [0.5, 0.6) is 34.5 Å². The van der Waals surface area contributed by atoms with Crippen molar-refractivity contribution in [3.8, 4) is 34.5 Å². The van der Waals surface area contributed by atoms with Crippen molar-refractivity contribution in [3.05, 3.63) is 101 Å². The third kappa shape index (κ3) is 15.0. The Morgan fingerprint density at radius 1 is 0.596 bits per heavy atom. The number of nitrogens with one attached hydrogen (secondary N) is 3. The number of carbonyl (C=O) groups is 7. The van der Waals surface area contributed by atoms with E-state index in [2.05, 4.69) is 60.0 Å². The number of fused-ring (bicyclic) bond motifs is 5. The Morgan fingerprint density at radius 2 is 1.09 bits per heavy atom. The molecule has 0 spiro atoms. The molecule has 4 aromatic carbocycles. The molecule has 5 aliphatic rings. The number of ether oxygens (including phenoxy) is 9. The zero-order valence-corrected chi connectivity index (χ0v) is 54.7. The molecule has 4 aromatic rings. The fourth-order valence-corrected chi connectivity index (χ4v) is 12.2. The van der Waals surface area contributed by atoms with Crippen LogP contribution in [0.2, 0.25) is 51.4 Å². The molecule has 0 saturated heterocycles. The van der Waals surface area contributed by atoms with Crippen LogP contribution in [0.25, 0.3) is 11.1 Å². The highest BCUT2D eigenvalue weighted by molar-refractivity contribution is 6.76. The lowest BCUT2D eigenvalue weighted by atomic mass is 10.0. The van der Waals surface area contributed by atoms with Gasteiger partial charge in [-0.05, 0) is 83.6 Å². The van der Waals surface area contributed by atoms with Gasteiger partial charge in [0.15, 0.2) is 34.5 Å². The van der Waals surface area contributed by atoms with Gasteiger partial charge in [-0.15, -0.1) is 0 Å². The number of nitrogens with zero attached hydrogens (tertiary/aromatic N) is 4. The topological polar surface area (TPSA) is 252 Å². The molecule has 0 unspecified atom stereocenters. The third-order valence-corrected chi connectivity index (χ3v) is 19.3. The van der Waals surface area contributed by atoms with Gasteiger partial charge >= 0.3 is 6.09 Å². The summed E-state index contributed by atoms with van der Waals surface area (Å²) in [7, 11) is 1.12. The molecule has 23 nitrogen and oxygen atoms in total. The predicted octanol–water partition coefficient (Wildman–Crippen LogP) is 8.93. The number of carbonyl (C=O) groups excluding carboxylic acids is 7. The van der Waals surface area contributed by atoms with Crippen LogP contribution >= 0.6 is 0 Å². The monoisotopic (exact) mass is 1260 g/mol. The van der Waals surface area contributed by atoms with Crippen molar-refractivity contribution in [2.24, 2.45) is 5.92 Å². The maximum Gasteiger partial charge on any atom is 0.407 e. The molecule has 476 valence electrons. The number of benzene rings is 4. The summed E-state index contributed by atoms with van der Waals surface area (Å²) in [5.41, 5.74) is 4.54. The Hall–Kier alpha value is -8.40. The molecule has 89 heavy (non-hydrogen) atoms. The molecular formula is C64H81N7O16Si2. The summed E-state index contributed by atoms with van der Waals surface area (Å²) < 4.78 is 52.6. The van der Waals surface area contributed by atoms with Crippen LogP contribution in [0.3, 0.4) is 0 Å². The molecule has 0 saturated carbocycles. The first-order chi connectivity index (χ1) is 42.4. The van der Waals surface area contributed by atoms with Crippen molar-refractivity contribution in [1.29, 1.82) is 0 Å². The van der Waals surface area contributed by atoms with E-state index in [1.807, 2.05) is 18.2 Å². The molecule has 0 fully saturated rings.